The van der Waals surface area contributed by atoms with Gasteiger partial charge >= 0.3 is 0 Å². The van der Waals surface area contributed by atoms with Gasteiger partial charge in [0.1, 0.15) is 5.75 Å². The quantitative estimate of drug-likeness (QED) is 0.886. The van der Waals surface area contributed by atoms with E-state index in [1.807, 2.05) is 43.3 Å². The summed E-state index contributed by atoms with van der Waals surface area (Å²) in [5, 5.41) is 2.91. The number of hydrogen-bond donors (Lipinski definition) is 2. The van der Waals surface area contributed by atoms with E-state index in [1.165, 1.54) is 0 Å². The molecule has 0 unspecified atom stereocenters. The molecule has 0 aromatic heterocycles. The molecule has 3 N–H and O–H groups in total. The maximum absolute atomic E-state index is 12.3. The van der Waals surface area contributed by atoms with Gasteiger partial charge in [-0.25, -0.2) is 0 Å². The van der Waals surface area contributed by atoms with Crippen LogP contribution in [0, 0.1) is 6.92 Å². The minimum atomic E-state index is -0.145. The zero-order chi connectivity index (χ0) is 15.2. The molecule has 0 aliphatic carbocycles. The molecule has 4 heteroatoms. The van der Waals surface area contributed by atoms with E-state index in [1.54, 1.807) is 13.2 Å². The number of amides is 1. The van der Waals surface area contributed by atoms with Crippen molar-refractivity contribution in [2.24, 2.45) is 5.73 Å². The van der Waals surface area contributed by atoms with Crippen LogP contribution in [0.4, 0.5) is 0 Å². The van der Waals surface area contributed by atoms with Crippen molar-refractivity contribution in [1.29, 1.82) is 0 Å². The molecule has 0 atom stereocenters. The average molecular weight is 284 g/mol. The number of nitrogens with two attached hydrogens (primary N) is 1. The van der Waals surface area contributed by atoms with Gasteiger partial charge in [0.2, 0.25) is 0 Å². The van der Waals surface area contributed by atoms with Crippen LogP contribution in [0.5, 0.6) is 5.75 Å². The summed E-state index contributed by atoms with van der Waals surface area (Å²) in [4.78, 5) is 12.3. The van der Waals surface area contributed by atoms with Crippen molar-refractivity contribution in [3.05, 3.63) is 64.7 Å². The van der Waals surface area contributed by atoms with Crippen molar-refractivity contribution >= 4 is 5.91 Å². The molecule has 4 nitrogen and oxygen atoms in total. The lowest BCUT2D eigenvalue weighted by atomic mass is 10.1. The van der Waals surface area contributed by atoms with Crippen molar-refractivity contribution in [3.8, 4) is 5.75 Å². The average Bonchev–Trinajstić information content (AvgIpc) is 2.52. The third kappa shape index (κ3) is 3.83. The normalized spacial score (nSPS) is 10.2. The molecule has 0 radical (unpaired) electrons. The highest BCUT2D eigenvalue weighted by molar-refractivity contribution is 5.97. The molecule has 0 aliphatic rings. The largest absolute Gasteiger partial charge is 0.496 e. The number of aryl methyl sites for hydroxylation is 1. The smallest absolute Gasteiger partial charge is 0.255 e. The fourth-order valence-corrected chi connectivity index (χ4v) is 2.14. The number of rotatable bonds is 5. The summed E-state index contributed by atoms with van der Waals surface area (Å²) in [5.41, 5.74) is 9.26. The Morgan fingerprint density at radius 2 is 1.95 bits per heavy atom. The monoisotopic (exact) mass is 284 g/mol. The van der Waals surface area contributed by atoms with Gasteiger partial charge in [-0.1, -0.05) is 35.9 Å². The molecule has 0 aliphatic heterocycles. The summed E-state index contributed by atoms with van der Waals surface area (Å²) >= 11 is 0. The minimum absolute atomic E-state index is 0.145. The van der Waals surface area contributed by atoms with Crippen molar-refractivity contribution in [3.63, 3.8) is 0 Å². The van der Waals surface area contributed by atoms with Gasteiger partial charge in [-0.15, -0.1) is 0 Å². The van der Waals surface area contributed by atoms with Gasteiger partial charge in [-0.2, -0.15) is 0 Å². The highest BCUT2D eigenvalue weighted by Crippen LogP contribution is 2.19. The predicted molar refractivity (Wildman–Crippen MR) is 83.2 cm³/mol. The highest BCUT2D eigenvalue weighted by Gasteiger charge is 2.12. The first-order chi connectivity index (χ1) is 10.1. The fraction of sp³-hybridized carbons (Fsp3) is 0.235. The van der Waals surface area contributed by atoms with Crippen molar-refractivity contribution in [1.82, 2.24) is 5.32 Å². The lowest BCUT2D eigenvalue weighted by molar-refractivity contribution is 0.0948. The Bertz CT molecular complexity index is 638. The van der Waals surface area contributed by atoms with E-state index in [0.717, 1.165) is 16.7 Å². The van der Waals surface area contributed by atoms with Crippen LogP contribution < -0.4 is 15.8 Å². The SMILES string of the molecule is COc1ccc(C)cc1C(=O)NCc1cccc(CN)c1. The Hall–Kier alpha value is -2.33. The molecule has 0 saturated heterocycles. The number of nitrogens with one attached hydrogen (secondary N) is 1. The first kappa shape index (κ1) is 15.1. The number of methoxy groups -OCH3 is 1. The van der Waals surface area contributed by atoms with E-state index in [4.69, 9.17) is 10.5 Å². The Balaban J connectivity index is 2.09. The van der Waals surface area contributed by atoms with Crippen LogP contribution >= 0.6 is 0 Å². The molecule has 110 valence electrons. The minimum Gasteiger partial charge on any atom is -0.496 e. The van der Waals surface area contributed by atoms with Gasteiger partial charge in [-0.05, 0) is 30.2 Å². The topological polar surface area (TPSA) is 64.3 Å². The maximum atomic E-state index is 12.3. The molecule has 0 bridgehead atoms. The number of carbonyl (C=O) groups is 1. The Morgan fingerprint density at radius 3 is 2.67 bits per heavy atom. The molecule has 0 heterocycles. The zero-order valence-corrected chi connectivity index (χ0v) is 12.3. The fourth-order valence-electron chi connectivity index (χ4n) is 2.14. The standard InChI is InChI=1S/C17H20N2O2/c1-12-6-7-16(21-2)15(8-12)17(20)19-11-14-5-3-4-13(9-14)10-18/h3-9H,10-11,18H2,1-2H3,(H,19,20). The first-order valence-corrected chi connectivity index (χ1v) is 6.84. The van der Waals surface area contributed by atoms with Crippen molar-refractivity contribution in [2.45, 2.75) is 20.0 Å². The van der Waals surface area contributed by atoms with Crippen LogP contribution in [0.1, 0.15) is 27.0 Å². The molecule has 0 spiro atoms. The van der Waals surface area contributed by atoms with Gasteiger partial charge in [0, 0.05) is 13.1 Å². The van der Waals surface area contributed by atoms with E-state index in [0.29, 0.717) is 24.4 Å². The second-order valence-electron chi connectivity index (χ2n) is 4.91. The molecular weight excluding hydrogens is 264 g/mol. The van der Waals surface area contributed by atoms with E-state index in [9.17, 15) is 4.79 Å². The van der Waals surface area contributed by atoms with Crippen LogP contribution in [0.2, 0.25) is 0 Å². The number of ether oxygens (including phenoxy) is 1. The maximum Gasteiger partial charge on any atom is 0.255 e. The van der Waals surface area contributed by atoms with Crippen molar-refractivity contribution in [2.75, 3.05) is 7.11 Å². The zero-order valence-electron chi connectivity index (χ0n) is 12.3. The third-order valence-corrected chi connectivity index (χ3v) is 3.28. The molecule has 0 fully saturated rings. The Labute approximate surface area is 124 Å². The number of hydrogen-bond acceptors (Lipinski definition) is 3. The van der Waals surface area contributed by atoms with Crippen LogP contribution in [-0.2, 0) is 13.1 Å². The van der Waals surface area contributed by atoms with E-state index in [2.05, 4.69) is 5.32 Å². The Kier molecular flexibility index (Phi) is 4.95. The molecule has 1 amide bonds. The van der Waals surface area contributed by atoms with E-state index in [-0.39, 0.29) is 5.91 Å². The summed E-state index contributed by atoms with van der Waals surface area (Å²) in [6.45, 7) is 2.90. The van der Waals surface area contributed by atoms with Crippen LogP contribution in [0.25, 0.3) is 0 Å². The van der Waals surface area contributed by atoms with Gasteiger partial charge in [-0.3, -0.25) is 4.79 Å². The summed E-state index contributed by atoms with van der Waals surface area (Å²) in [5.74, 6) is 0.433. The first-order valence-electron chi connectivity index (χ1n) is 6.84. The predicted octanol–water partition coefficient (Wildman–Crippen LogP) is 2.39. The highest BCUT2D eigenvalue weighted by atomic mass is 16.5. The van der Waals surface area contributed by atoms with Gasteiger partial charge in [0.25, 0.3) is 5.91 Å². The van der Waals surface area contributed by atoms with Crippen molar-refractivity contribution < 1.29 is 9.53 Å². The van der Waals surface area contributed by atoms with Gasteiger partial charge < -0.3 is 15.8 Å². The van der Waals surface area contributed by atoms with Gasteiger partial charge in [0.15, 0.2) is 0 Å². The summed E-state index contributed by atoms with van der Waals surface area (Å²) in [7, 11) is 1.56. The lowest BCUT2D eigenvalue weighted by Gasteiger charge is -2.10. The Morgan fingerprint density at radius 1 is 1.19 bits per heavy atom. The van der Waals surface area contributed by atoms with E-state index >= 15 is 0 Å². The molecule has 2 rings (SSSR count). The summed E-state index contributed by atoms with van der Waals surface area (Å²) in [6.07, 6.45) is 0. The molecule has 2 aromatic carbocycles. The second kappa shape index (κ2) is 6.90. The molecule has 0 saturated carbocycles. The summed E-state index contributed by atoms with van der Waals surface area (Å²) < 4.78 is 5.23. The molecule has 21 heavy (non-hydrogen) atoms. The van der Waals surface area contributed by atoms with Crippen LogP contribution in [-0.4, -0.2) is 13.0 Å². The van der Waals surface area contributed by atoms with Crippen LogP contribution in [0.3, 0.4) is 0 Å². The summed E-state index contributed by atoms with van der Waals surface area (Å²) in [6, 6.07) is 13.4. The number of benzene rings is 2. The molecule has 2 aromatic rings. The third-order valence-electron chi connectivity index (χ3n) is 3.28. The van der Waals surface area contributed by atoms with Crippen LogP contribution in [0.15, 0.2) is 42.5 Å². The second-order valence-corrected chi connectivity index (χ2v) is 4.91. The molecular formula is C17H20N2O2. The lowest BCUT2D eigenvalue weighted by Crippen LogP contribution is -2.23. The van der Waals surface area contributed by atoms with Gasteiger partial charge in [0.05, 0.1) is 12.7 Å². The van der Waals surface area contributed by atoms with E-state index < -0.39 is 0 Å². The number of carbonyl (C=O) groups excluding carboxylic acids is 1.